The summed E-state index contributed by atoms with van der Waals surface area (Å²) in [7, 11) is 3.09. The summed E-state index contributed by atoms with van der Waals surface area (Å²) >= 11 is 0. The second-order valence-electron chi connectivity index (χ2n) is 5.75. The van der Waals surface area contributed by atoms with E-state index in [1.54, 1.807) is 14.2 Å². The molecule has 0 aromatic rings. The minimum atomic E-state index is -0.788. The highest BCUT2D eigenvalue weighted by atomic mass is 16.8. The number of rotatable bonds is 8. The molecule has 0 aromatic carbocycles. The predicted molar refractivity (Wildman–Crippen MR) is 79.4 cm³/mol. The van der Waals surface area contributed by atoms with Gasteiger partial charge in [0.15, 0.2) is 5.79 Å². The van der Waals surface area contributed by atoms with Gasteiger partial charge in [0.1, 0.15) is 31.9 Å². The number of fused-ring (bicyclic) bond motifs is 1. The summed E-state index contributed by atoms with van der Waals surface area (Å²) in [5.41, 5.74) is 9.61. The lowest BCUT2D eigenvalue weighted by Crippen LogP contribution is -2.48. The van der Waals surface area contributed by atoms with Crippen molar-refractivity contribution in [1.82, 2.24) is 0 Å². The van der Waals surface area contributed by atoms with Crippen LogP contribution in [0.25, 0.3) is 10.4 Å². The SMILES string of the molecule is COCOCC1=C[C@H](N=[N+]=[N-])[C@@H]2OC(C)(C)O[C@H]2[C@@H]1OCOC. The Balaban J connectivity index is 2.25. The van der Waals surface area contributed by atoms with Crippen LogP contribution in [0.3, 0.4) is 0 Å². The molecule has 0 saturated carbocycles. The highest BCUT2D eigenvalue weighted by Crippen LogP contribution is 2.39. The molecule has 0 N–H and O–H groups in total. The Hall–Kier alpha value is -1.19. The highest BCUT2D eigenvalue weighted by Gasteiger charge is 2.51. The Labute approximate surface area is 135 Å². The maximum absolute atomic E-state index is 8.81. The van der Waals surface area contributed by atoms with E-state index < -0.39 is 30.1 Å². The maximum atomic E-state index is 8.81. The highest BCUT2D eigenvalue weighted by molar-refractivity contribution is 5.24. The molecule has 1 aliphatic carbocycles. The van der Waals surface area contributed by atoms with Crippen molar-refractivity contribution in [3.63, 3.8) is 0 Å². The number of hydrogen-bond acceptors (Lipinski definition) is 7. The van der Waals surface area contributed by atoms with Gasteiger partial charge in [0.05, 0.1) is 12.6 Å². The molecule has 130 valence electrons. The second-order valence-corrected chi connectivity index (χ2v) is 5.75. The van der Waals surface area contributed by atoms with Crippen LogP contribution in [0.15, 0.2) is 16.8 Å². The molecule has 0 aromatic heterocycles. The fraction of sp³-hybridized carbons (Fsp3) is 0.857. The van der Waals surface area contributed by atoms with E-state index in [1.807, 2.05) is 19.9 Å². The molecule has 0 spiro atoms. The number of methoxy groups -OCH3 is 2. The first kappa shape index (κ1) is 18.2. The minimum absolute atomic E-state index is 0.103. The van der Waals surface area contributed by atoms with Crippen LogP contribution >= 0.6 is 0 Å². The van der Waals surface area contributed by atoms with E-state index in [1.165, 1.54) is 0 Å². The molecule has 1 saturated heterocycles. The zero-order valence-electron chi connectivity index (χ0n) is 13.8. The topological polar surface area (TPSA) is 104 Å². The zero-order valence-corrected chi connectivity index (χ0v) is 13.8. The van der Waals surface area contributed by atoms with Crippen molar-refractivity contribution in [3.05, 3.63) is 22.1 Å². The largest absolute Gasteiger partial charge is 0.359 e. The van der Waals surface area contributed by atoms with Crippen LogP contribution in [0.5, 0.6) is 0 Å². The molecule has 4 atom stereocenters. The molecule has 0 bridgehead atoms. The fourth-order valence-corrected chi connectivity index (χ4v) is 2.81. The van der Waals surface area contributed by atoms with E-state index in [4.69, 9.17) is 34.0 Å². The lowest BCUT2D eigenvalue weighted by atomic mass is 9.88. The molecule has 2 rings (SSSR count). The van der Waals surface area contributed by atoms with Crippen molar-refractivity contribution in [2.45, 2.75) is 44.0 Å². The molecule has 1 aliphatic heterocycles. The molecule has 1 fully saturated rings. The second kappa shape index (κ2) is 8.07. The average molecular weight is 329 g/mol. The first-order chi connectivity index (χ1) is 11.0. The third-order valence-electron chi connectivity index (χ3n) is 3.57. The molecule has 0 amide bonds. The van der Waals surface area contributed by atoms with Gasteiger partial charge in [-0.1, -0.05) is 11.2 Å². The van der Waals surface area contributed by atoms with Gasteiger partial charge < -0.3 is 28.4 Å². The summed E-state index contributed by atoms with van der Waals surface area (Å²) in [6.45, 7) is 4.15. The van der Waals surface area contributed by atoms with Crippen molar-refractivity contribution < 1.29 is 28.4 Å². The summed E-state index contributed by atoms with van der Waals surface area (Å²) in [6.07, 6.45) is 0.557. The third-order valence-corrected chi connectivity index (χ3v) is 3.57. The van der Waals surface area contributed by atoms with Crippen molar-refractivity contribution in [3.8, 4) is 0 Å². The Kier molecular flexibility index (Phi) is 6.37. The summed E-state index contributed by atoms with van der Waals surface area (Å²) in [5, 5.41) is 3.81. The molecule has 2 aliphatic rings. The Morgan fingerprint density at radius 3 is 2.57 bits per heavy atom. The number of ether oxygens (including phenoxy) is 6. The van der Waals surface area contributed by atoms with E-state index in [0.29, 0.717) is 0 Å². The van der Waals surface area contributed by atoms with Crippen molar-refractivity contribution >= 4 is 0 Å². The zero-order chi connectivity index (χ0) is 16.9. The Bertz CT molecular complexity index is 477. The van der Waals surface area contributed by atoms with Crippen molar-refractivity contribution in [2.75, 3.05) is 34.4 Å². The minimum Gasteiger partial charge on any atom is -0.359 e. The van der Waals surface area contributed by atoms with E-state index in [9.17, 15) is 0 Å². The van der Waals surface area contributed by atoms with Crippen LogP contribution in [0.2, 0.25) is 0 Å². The monoisotopic (exact) mass is 329 g/mol. The van der Waals surface area contributed by atoms with Gasteiger partial charge in [0.2, 0.25) is 0 Å². The number of hydrogen-bond donors (Lipinski definition) is 0. The van der Waals surface area contributed by atoms with Gasteiger partial charge in [0.25, 0.3) is 0 Å². The van der Waals surface area contributed by atoms with Gasteiger partial charge in [-0.25, -0.2) is 0 Å². The average Bonchev–Trinajstić information content (AvgIpc) is 2.83. The molecular formula is C14H23N3O6. The van der Waals surface area contributed by atoms with Crippen LogP contribution in [-0.2, 0) is 28.4 Å². The molecule has 0 radical (unpaired) electrons. The van der Waals surface area contributed by atoms with Crippen LogP contribution in [0, 0.1) is 0 Å². The van der Waals surface area contributed by atoms with Gasteiger partial charge >= 0.3 is 0 Å². The van der Waals surface area contributed by atoms with E-state index in [-0.39, 0.29) is 20.2 Å². The third kappa shape index (κ3) is 4.42. The molecule has 9 heteroatoms. The van der Waals surface area contributed by atoms with E-state index >= 15 is 0 Å². The van der Waals surface area contributed by atoms with Crippen LogP contribution in [0.1, 0.15) is 13.8 Å². The Morgan fingerprint density at radius 2 is 1.91 bits per heavy atom. The lowest BCUT2D eigenvalue weighted by Gasteiger charge is -2.34. The summed E-state index contributed by atoms with van der Waals surface area (Å²) in [4.78, 5) is 2.90. The van der Waals surface area contributed by atoms with Crippen LogP contribution in [-0.4, -0.2) is 64.6 Å². The first-order valence-corrected chi connectivity index (χ1v) is 7.30. The van der Waals surface area contributed by atoms with Crippen LogP contribution in [0.4, 0.5) is 0 Å². The predicted octanol–water partition coefficient (Wildman–Crippen LogP) is 1.74. The van der Waals surface area contributed by atoms with Gasteiger partial charge in [-0.3, -0.25) is 0 Å². The Morgan fingerprint density at radius 1 is 1.22 bits per heavy atom. The summed E-state index contributed by atoms with van der Waals surface area (Å²) in [5.74, 6) is -0.788. The van der Waals surface area contributed by atoms with E-state index in [2.05, 4.69) is 10.0 Å². The molecule has 0 unspecified atom stereocenters. The standard InChI is InChI=1S/C14H23N3O6/c1-14(2)22-12-10(16-17-15)5-9(6-20-7-18-3)11(13(12)23-14)21-8-19-4/h5,10-13H,6-8H2,1-4H3/t10-,11+,12-,13-/m0/s1. The van der Waals surface area contributed by atoms with Crippen molar-refractivity contribution in [2.24, 2.45) is 5.11 Å². The van der Waals surface area contributed by atoms with Crippen molar-refractivity contribution in [1.29, 1.82) is 0 Å². The summed E-state index contributed by atoms with van der Waals surface area (Å²) < 4.78 is 32.9. The summed E-state index contributed by atoms with van der Waals surface area (Å²) in [6, 6.07) is -0.490. The van der Waals surface area contributed by atoms with E-state index in [0.717, 1.165) is 5.57 Å². The van der Waals surface area contributed by atoms with Gasteiger partial charge in [-0.15, -0.1) is 0 Å². The lowest BCUT2D eigenvalue weighted by molar-refractivity contribution is -0.165. The molecule has 9 nitrogen and oxygen atoms in total. The van der Waals surface area contributed by atoms with Gasteiger partial charge in [0, 0.05) is 19.1 Å². The first-order valence-electron chi connectivity index (χ1n) is 7.30. The smallest absolute Gasteiger partial charge is 0.163 e. The molecule has 1 heterocycles. The fourth-order valence-electron chi connectivity index (χ4n) is 2.81. The molecule has 23 heavy (non-hydrogen) atoms. The van der Waals surface area contributed by atoms with Crippen LogP contribution < -0.4 is 0 Å². The van der Waals surface area contributed by atoms with Gasteiger partial charge in [-0.05, 0) is 25.0 Å². The quantitative estimate of drug-likeness (QED) is 0.168. The molecular weight excluding hydrogens is 306 g/mol. The normalized spacial score (nSPS) is 32.1. The number of nitrogens with zero attached hydrogens (tertiary/aromatic N) is 3. The number of azide groups is 1. The van der Waals surface area contributed by atoms with Gasteiger partial charge in [-0.2, -0.15) is 0 Å². The maximum Gasteiger partial charge on any atom is 0.163 e.